The number of carbonyl (C=O) groups is 1. The van der Waals surface area contributed by atoms with Crippen LogP contribution in [0.25, 0.3) is 0 Å². The van der Waals surface area contributed by atoms with Crippen molar-refractivity contribution in [2.24, 2.45) is 0 Å². The Bertz CT molecular complexity index is 462. The van der Waals surface area contributed by atoms with Gasteiger partial charge in [0.2, 0.25) is 5.69 Å². The van der Waals surface area contributed by atoms with Crippen molar-refractivity contribution in [3.8, 4) is 0 Å². The number of halogens is 2. The molecule has 0 bridgehead atoms. The first kappa shape index (κ1) is 12.0. The summed E-state index contributed by atoms with van der Waals surface area (Å²) in [6, 6.07) is 0. The summed E-state index contributed by atoms with van der Waals surface area (Å²) in [5, 5.41) is 19.2. The molecule has 1 N–H and O–H groups in total. The zero-order chi connectivity index (χ0) is 12.5. The molecule has 6 nitrogen and oxygen atoms in total. The van der Waals surface area contributed by atoms with Gasteiger partial charge in [-0.05, 0) is 6.92 Å². The molecule has 0 spiro atoms. The molecule has 0 fully saturated rings. The molecule has 0 unspecified atom stereocenters. The normalized spacial score (nSPS) is 10.5. The molecule has 16 heavy (non-hydrogen) atoms. The van der Waals surface area contributed by atoms with Crippen LogP contribution in [0.15, 0.2) is 6.20 Å². The summed E-state index contributed by atoms with van der Waals surface area (Å²) in [4.78, 5) is 23.3. The van der Waals surface area contributed by atoms with Gasteiger partial charge in [-0.2, -0.15) is 0 Å². The molecular formula is C8H6F2N2O4. The zero-order valence-corrected chi connectivity index (χ0v) is 7.98. The lowest BCUT2D eigenvalue weighted by atomic mass is 10.1. The first-order valence-corrected chi connectivity index (χ1v) is 4.01. The molecule has 0 saturated heterocycles. The minimum Gasteiger partial charge on any atom is -0.476 e. The number of nitro groups is 1. The quantitative estimate of drug-likeness (QED) is 0.634. The second-order valence-corrected chi connectivity index (χ2v) is 2.90. The first-order valence-electron chi connectivity index (χ1n) is 4.01. The van der Waals surface area contributed by atoms with E-state index in [1.165, 1.54) is 0 Å². The molecule has 0 amide bonds. The van der Waals surface area contributed by atoms with Gasteiger partial charge in [0.25, 0.3) is 6.43 Å². The van der Waals surface area contributed by atoms with Gasteiger partial charge in [-0.15, -0.1) is 0 Å². The monoisotopic (exact) mass is 232 g/mol. The molecule has 0 saturated carbocycles. The van der Waals surface area contributed by atoms with Crippen LogP contribution in [0.1, 0.15) is 28.0 Å². The van der Waals surface area contributed by atoms with Crippen LogP contribution in [0, 0.1) is 17.0 Å². The summed E-state index contributed by atoms with van der Waals surface area (Å²) in [5.74, 6) is -1.63. The van der Waals surface area contributed by atoms with Crippen molar-refractivity contribution in [3.63, 3.8) is 0 Å². The largest absolute Gasteiger partial charge is 0.476 e. The lowest BCUT2D eigenvalue weighted by molar-refractivity contribution is -0.386. The summed E-state index contributed by atoms with van der Waals surface area (Å²) in [5.41, 5.74) is -2.76. The maximum absolute atomic E-state index is 12.4. The van der Waals surface area contributed by atoms with Crippen molar-refractivity contribution in [1.29, 1.82) is 0 Å². The minimum absolute atomic E-state index is 0.382. The Balaban J connectivity index is 3.54. The van der Waals surface area contributed by atoms with E-state index < -0.39 is 34.3 Å². The van der Waals surface area contributed by atoms with E-state index >= 15 is 0 Å². The fourth-order valence-corrected chi connectivity index (χ4v) is 1.21. The summed E-state index contributed by atoms with van der Waals surface area (Å²) in [6.07, 6.45) is -2.30. The highest BCUT2D eigenvalue weighted by molar-refractivity contribution is 5.90. The highest BCUT2D eigenvalue weighted by Gasteiger charge is 2.28. The van der Waals surface area contributed by atoms with Crippen LogP contribution in [-0.2, 0) is 0 Å². The SMILES string of the molecule is Cc1c(C(F)F)cnc(C(=O)O)c1[N+](=O)[O-]. The molecule has 0 aliphatic rings. The fraction of sp³-hybridized carbons (Fsp3) is 0.250. The predicted octanol–water partition coefficient (Wildman–Crippen LogP) is 1.93. The van der Waals surface area contributed by atoms with E-state index in [1.807, 2.05) is 0 Å². The first-order chi connectivity index (χ1) is 7.36. The van der Waals surface area contributed by atoms with Gasteiger partial charge in [0.05, 0.1) is 4.92 Å². The van der Waals surface area contributed by atoms with E-state index in [1.54, 1.807) is 0 Å². The third-order valence-electron chi connectivity index (χ3n) is 1.97. The number of alkyl halides is 2. The van der Waals surface area contributed by atoms with Crippen molar-refractivity contribution in [2.75, 3.05) is 0 Å². The number of pyridine rings is 1. The van der Waals surface area contributed by atoms with Crippen molar-refractivity contribution >= 4 is 11.7 Å². The van der Waals surface area contributed by atoms with Gasteiger partial charge in [0.1, 0.15) is 0 Å². The van der Waals surface area contributed by atoms with Gasteiger partial charge >= 0.3 is 11.7 Å². The van der Waals surface area contributed by atoms with Crippen molar-refractivity contribution in [2.45, 2.75) is 13.3 Å². The average Bonchev–Trinajstić information content (AvgIpc) is 2.15. The van der Waals surface area contributed by atoms with Crippen LogP contribution in [0.3, 0.4) is 0 Å². The molecular weight excluding hydrogens is 226 g/mol. The third-order valence-corrected chi connectivity index (χ3v) is 1.97. The van der Waals surface area contributed by atoms with Crippen molar-refractivity contribution in [3.05, 3.63) is 33.1 Å². The maximum atomic E-state index is 12.4. The molecule has 1 rings (SSSR count). The van der Waals surface area contributed by atoms with E-state index in [4.69, 9.17) is 5.11 Å². The topological polar surface area (TPSA) is 93.3 Å². The van der Waals surface area contributed by atoms with Crippen LogP contribution in [0.2, 0.25) is 0 Å². The average molecular weight is 232 g/mol. The van der Waals surface area contributed by atoms with Crippen molar-refractivity contribution in [1.82, 2.24) is 4.98 Å². The summed E-state index contributed by atoms with van der Waals surface area (Å²) in [6.45, 7) is 1.06. The summed E-state index contributed by atoms with van der Waals surface area (Å²) < 4.78 is 24.8. The van der Waals surface area contributed by atoms with E-state index in [0.29, 0.717) is 6.20 Å². The van der Waals surface area contributed by atoms with E-state index in [0.717, 1.165) is 6.92 Å². The number of nitrogens with zero attached hydrogens (tertiary/aromatic N) is 2. The highest BCUT2D eigenvalue weighted by atomic mass is 19.3. The molecule has 8 heteroatoms. The summed E-state index contributed by atoms with van der Waals surface area (Å²) in [7, 11) is 0. The highest BCUT2D eigenvalue weighted by Crippen LogP contribution is 2.30. The second-order valence-electron chi connectivity index (χ2n) is 2.90. The van der Waals surface area contributed by atoms with E-state index in [9.17, 15) is 23.7 Å². The predicted molar refractivity (Wildman–Crippen MR) is 47.5 cm³/mol. The molecule has 0 aromatic carbocycles. The molecule has 1 aromatic rings. The maximum Gasteiger partial charge on any atom is 0.361 e. The van der Waals surface area contributed by atoms with Gasteiger partial charge in [-0.1, -0.05) is 0 Å². The van der Waals surface area contributed by atoms with Gasteiger partial charge in [-0.3, -0.25) is 10.1 Å². The molecule has 0 atom stereocenters. The Hall–Kier alpha value is -2.12. The fourth-order valence-electron chi connectivity index (χ4n) is 1.21. The zero-order valence-electron chi connectivity index (χ0n) is 7.98. The van der Waals surface area contributed by atoms with Gasteiger partial charge < -0.3 is 5.11 Å². The molecule has 0 radical (unpaired) electrons. The minimum atomic E-state index is -2.94. The lowest BCUT2D eigenvalue weighted by Gasteiger charge is -2.06. The molecule has 86 valence electrons. The Kier molecular flexibility index (Phi) is 3.11. The molecule has 1 heterocycles. The number of carboxylic acids is 1. The van der Waals surface area contributed by atoms with Crippen LogP contribution in [0.4, 0.5) is 14.5 Å². The number of hydrogen-bond donors (Lipinski definition) is 1. The number of aromatic nitrogens is 1. The lowest BCUT2D eigenvalue weighted by Crippen LogP contribution is -2.09. The van der Waals surface area contributed by atoms with E-state index in [2.05, 4.69) is 4.98 Å². The smallest absolute Gasteiger partial charge is 0.361 e. The Morgan fingerprint density at radius 2 is 2.19 bits per heavy atom. The van der Waals surface area contributed by atoms with Gasteiger partial charge in [-0.25, -0.2) is 18.6 Å². The number of carboxylic acid groups (broad SMARTS) is 1. The summed E-state index contributed by atoms with van der Waals surface area (Å²) >= 11 is 0. The van der Waals surface area contributed by atoms with Crippen molar-refractivity contribution < 1.29 is 23.6 Å². The second kappa shape index (κ2) is 4.17. The standard InChI is InChI=1S/C8H6F2N2O4/c1-3-4(7(9)10)2-11-5(8(13)14)6(3)12(15)16/h2,7H,1H3,(H,13,14). The van der Waals surface area contributed by atoms with Crippen LogP contribution >= 0.6 is 0 Å². The molecule has 1 aromatic heterocycles. The Morgan fingerprint density at radius 1 is 1.62 bits per heavy atom. The number of aromatic carboxylic acids is 1. The Labute approximate surface area is 87.7 Å². The number of hydrogen-bond acceptors (Lipinski definition) is 4. The molecule has 0 aliphatic heterocycles. The van der Waals surface area contributed by atoms with Gasteiger partial charge in [0.15, 0.2) is 0 Å². The molecule has 0 aliphatic carbocycles. The van der Waals surface area contributed by atoms with Crippen LogP contribution in [-0.4, -0.2) is 21.0 Å². The Morgan fingerprint density at radius 3 is 2.56 bits per heavy atom. The van der Waals surface area contributed by atoms with Crippen LogP contribution < -0.4 is 0 Å². The van der Waals surface area contributed by atoms with Crippen LogP contribution in [0.5, 0.6) is 0 Å². The van der Waals surface area contributed by atoms with Gasteiger partial charge in [0, 0.05) is 17.3 Å². The van der Waals surface area contributed by atoms with E-state index in [-0.39, 0.29) is 5.56 Å². The number of rotatable bonds is 3. The third kappa shape index (κ3) is 1.95.